The van der Waals surface area contributed by atoms with E-state index in [0.717, 1.165) is 40.8 Å². The fourth-order valence-electron chi connectivity index (χ4n) is 4.11. The highest BCUT2D eigenvalue weighted by Gasteiger charge is 2.26. The third-order valence-electron chi connectivity index (χ3n) is 5.79. The number of aromatic nitrogens is 1. The summed E-state index contributed by atoms with van der Waals surface area (Å²) in [5, 5.41) is 0.955. The van der Waals surface area contributed by atoms with Gasteiger partial charge in [-0.3, -0.25) is 4.90 Å². The van der Waals surface area contributed by atoms with Crippen LogP contribution in [0.5, 0.6) is 0 Å². The molecule has 9 heteroatoms. The second kappa shape index (κ2) is 9.15. The normalized spacial score (nSPS) is 15.7. The number of nitrogens with zero attached hydrogens (tertiary/aromatic N) is 3. The molecule has 7 nitrogen and oxygen atoms in total. The molecule has 0 saturated carbocycles. The number of carbonyl (C=O) groups is 1. The van der Waals surface area contributed by atoms with E-state index < -0.39 is 9.84 Å². The van der Waals surface area contributed by atoms with Crippen molar-refractivity contribution < 1.29 is 17.9 Å². The molecule has 1 aromatic heterocycles. The summed E-state index contributed by atoms with van der Waals surface area (Å²) in [7, 11) is -3.22. The van der Waals surface area contributed by atoms with Crippen LogP contribution < -0.4 is 9.80 Å². The average molecular weight is 486 g/mol. The summed E-state index contributed by atoms with van der Waals surface area (Å²) >= 11 is 1.63. The molecule has 1 fully saturated rings. The van der Waals surface area contributed by atoms with Crippen molar-refractivity contribution >= 4 is 38.1 Å². The Morgan fingerprint density at radius 2 is 1.97 bits per heavy atom. The minimum atomic E-state index is -3.22. The molecule has 3 heterocycles. The van der Waals surface area contributed by atoms with E-state index in [9.17, 15) is 13.2 Å². The Kier molecular flexibility index (Phi) is 6.45. The van der Waals surface area contributed by atoms with E-state index in [-0.39, 0.29) is 13.5 Å². The van der Waals surface area contributed by atoms with Gasteiger partial charge in [-0.2, -0.15) is 0 Å². The van der Waals surface area contributed by atoms with E-state index in [1.54, 1.807) is 34.4 Å². The summed E-state index contributed by atoms with van der Waals surface area (Å²) in [6.45, 7) is 2.63. The predicted octanol–water partition coefficient (Wildman–Crippen LogP) is 4.29. The van der Waals surface area contributed by atoms with Gasteiger partial charge in [0.1, 0.15) is 6.61 Å². The van der Waals surface area contributed by atoms with Gasteiger partial charge in [0.2, 0.25) is 0 Å². The van der Waals surface area contributed by atoms with E-state index in [0.29, 0.717) is 24.5 Å². The minimum absolute atomic E-state index is 0. The summed E-state index contributed by atoms with van der Waals surface area (Å²) in [4.78, 5) is 21.9. The molecule has 0 aliphatic carbocycles. The van der Waals surface area contributed by atoms with Crippen molar-refractivity contribution in [1.29, 1.82) is 0 Å². The van der Waals surface area contributed by atoms with Crippen molar-refractivity contribution in [3.05, 3.63) is 70.2 Å². The summed E-state index contributed by atoms with van der Waals surface area (Å²) in [5.41, 5.74) is 4.32. The lowest BCUT2D eigenvalue weighted by molar-refractivity contribution is 0.181. The van der Waals surface area contributed by atoms with E-state index in [1.165, 1.54) is 17.4 Å². The highest BCUT2D eigenvalue weighted by atomic mass is 32.2. The van der Waals surface area contributed by atoms with Gasteiger partial charge < -0.3 is 9.64 Å². The number of benzene rings is 2. The first kappa shape index (κ1) is 23.3. The molecular formula is C24H27N3O4S2. The Labute approximate surface area is 198 Å². The van der Waals surface area contributed by atoms with Gasteiger partial charge in [0.25, 0.3) is 0 Å². The maximum absolute atomic E-state index is 11.9. The largest absolute Gasteiger partial charge is 0.447 e. The first-order chi connectivity index (χ1) is 15.4. The molecule has 0 spiro atoms. The van der Waals surface area contributed by atoms with Crippen LogP contribution in [0.4, 0.5) is 15.6 Å². The monoisotopic (exact) mass is 485 g/mol. The van der Waals surface area contributed by atoms with Crippen LogP contribution in [0.25, 0.3) is 0 Å². The van der Waals surface area contributed by atoms with E-state index >= 15 is 0 Å². The topological polar surface area (TPSA) is 79.8 Å². The number of ether oxygens (including phenoxy) is 1. The van der Waals surface area contributed by atoms with Crippen LogP contribution in [-0.2, 0) is 34.0 Å². The first-order valence-electron chi connectivity index (χ1n) is 10.4. The molecule has 0 bridgehead atoms. The van der Waals surface area contributed by atoms with Crippen LogP contribution in [0.15, 0.2) is 53.6 Å². The second-order valence-electron chi connectivity index (χ2n) is 8.10. The third-order valence-corrected chi connectivity index (χ3v) is 7.96. The summed E-state index contributed by atoms with van der Waals surface area (Å²) in [6.07, 6.45) is 4.38. The third kappa shape index (κ3) is 4.89. The molecule has 5 rings (SSSR count). The van der Waals surface area contributed by atoms with Crippen LogP contribution in [-0.4, -0.2) is 45.4 Å². The van der Waals surface area contributed by atoms with Crippen molar-refractivity contribution in [2.75, 3.05) is 35.8 Å². The molecule has 174 valence electrons. The van der Waals surface area contributed by atoms with Crippen molar-refractivity contribution in [1.82, 2.24) is 4.98 Å². The molecule has 2 aromatic carbocycles. The lowest BCUT2D eigenvalue weighted by Gasteiger charge is -2.29. The predicted molar refractivity (Wildman–Crippen MR) is 131 cm³/mol. The highest BCUT2D eigenvalue weighted by Crippen LogP contribution is 2.32. The number of thiazole rings is 1. The Morgan fingerprint density at radius 1 is 1.12 bits per heavy atom. The van der Waals surface area contributed by atoms with E-state index in [4.69, 9.17) is 4.74 Å². The van der Waals surface area contributed by atoms with Crippen molar-refractivity contribution in [2.24, 2.45) is 0 Å². The van der Waals surface area contributed by atoms with Crippen LogP contribution in [0.2, 0.25) is 0 Å². The number of carbonyl (C=O) groups excluding carboxylic acids is 1. The maximum Gasteiger partial charge on any atom is 0.414 e. The SMILES string of the molecule is C.CS(=O)(=O)c1cccc(Cc2cnc(N3CCc4ccc(N5CCOC5=O)cc4C3)s2)c1. The molecule has 1 amide bonds. The van der Waals surface area contributed by atoms with Gasteiger partial charge in [0.15, 0.2) is 15.0 Å². The Bertz CT molecular complexity index is 1290. The number of hydrogen-bond donors (Lipinski definition) is 0. The van der Waals surface area contributed by atoms with E-state index in [2.05, 4.69) is 22.0 Å². The van der Waals surface area contributed by atoms with Gasteiger partial charge in [-0.1, -0.05) is 25.6 Å². The van der Waals surface area contributed by atoms with Crippen LogP contribution >= 0.6 is 11.3 Å². The van der Waals surface area contributed by atoms with Crippen molar-refractivity contribution in [3.63, 3.8) is 0 Å². The van der Waals surface area contributed by atoms with Gasteiger partial charge >= 0.3 is 6.09 Å². The molecule has 3 aromatic rings. The molecule has 0 radical (unpaired) electrons. The molecule has 0 unspecified atom stereocenters. The molecule has 2 aliphatic rings. The fourth-order valence-corrected chi connectivity index (χ4v) is 5.78. The lowest BCUT2D eigenvalue weighted by atomic mass is 9.99. The maximum atomic E-state index is 11.9. The van der Waals surface area contributed by atoms with Gasteiger partial charge in [0.05, 0.1) is 11.4 Å². The minimum Gasteiger partial charge on any atom is -0.447 e. The molecule has 0 atom stereocenters. The lowest BCUT2D eigenvalue weighted by Crippen LogP contribution is -2.31. The van der Waals surface area contributed by atoms with Crippen molar-refractivity contribution in [2.45, 2.75) is 31.7 Å². The number of anilines is 2. The molecular weight excluding hydrogens is 458 g/mol. The summed E-state index contributed by atoms with van der Waals surface area (Å²) in [6, 6.07) is 13.3. The molecule has 1 saturated heterocycles. The highest BCUT2D eigenvalue weighted by molar-refractivity contribution is 7.90. The second-order valence-corrected chi connectivity index (χ2v) is 11.2. The molecule has 0 N–H and O–H groups in total. The van der Waals surface area contributed by atoms with Crippen molar-refractivity contribution in [3.8, 4) is 0 Å². The smallest absolute Gasteiger partial charge is 0.414 e. The molecule has 2 aliphatic heterocycles. The Morgan fingerprint density at radius 3 is 2.73 bits per heavy atom. The zero-order valence-corrected chi connectivity index (χ0v) is 19.3. The first-order valence-corrected chi connectivity index (χ1v) is 13.1. The Hall–Kier alpha value is -2.91. The van der Waals surface area contributed by atoms with Crippen LogP contribution in [0.3, 0.4) is 0 Å². The number of rotatable bonds is 5. The van der Waals surface area contributed by atoms with Crippen LogP contribution in [0.1, 0.15) is 29.0 Å². The summed E-state index contributed by atoms with van der Waals surface area (Å²) < 4.78 is 28.7. The standard InChI is InChI=1S/C23H23N3O4S2.CH4/c1-32(28,29)21-4-2-3-16(12-21)11-20-14-24-22(31-20)25-8-7-17-5-6-19(13-18(17)15-25)26-9-10-30-23(26)27;/h2-6,12-14H,7-11,15H2,1H3;1H4. The number of cyclic esters (lactones) is 1. The number of sulfone groups is 1. The zero-order chi connectivity index (χ0) is 22.3. The van der Waals surface area contributed by atoms with Gasteiger partial charge in [0, 0.05) is 42.5 Å². The average Bonchev–Trinajstić information content (AvgIpc) is 3.41. The quantitative estimate of drug-likeness (QED) is 0.536. The van der Waals surface area contributed by atoms with Gasteiger partial charge in [-0.15, -0.1) is 11.3 Å². The number of amides is 1. The Balaban J connectivity index is 0.00000259. The number of hydrogen-bond acceptors (Lipinski definition) is 7. The number of fused-ring (bicyclic) bond motifs is 1. The zero-order valence-electron chi connectivity index (χ0n) is 17.7. The van der Waals surface area contributed by atoms with E-state index in [1.807, 2.05) is 18.3 Å². The van der Waals surface area contributed by atoms with Gasteiger partial charge in [-0.25, -0.2) is 18.2 Å². The summed E-state index contributed by atoms with van der Waals surface area (Å²) in [5.74, 6) is 0. The molecule has 33 heavy (non-hydrogen) atoms. The van der Waals surface area contributed by atoms with Gasteiger partial charge in [-0.05, 0) is 47.4 Å². The van der Waals surface area contributed by atoms with Crippen LogP contribution in [0, 0.1) is 0 Å². The fraction of sp³-hybridized carbons (Fsp3) is 0.333.